The topological polar surface area (TPSA) is 62.6 Å². The van der Waals surface area contributed by atoms with Gasteiger partial charge in [-0.25, -0.2) is 0 Å². The van der Waals surface area contributed by atoms with Crippen LogP contribution in [0.25, 0.3) is 0 Å². The largest absolute Gasteiger partial charge is 0.467 e. The van der Waals surface area contributed by atoms with Crippen molar-refractivity contribution >= 4 is 17.5 Å². The van der Waals surface area contributed by atoms with E-state index in [4.69, 9.17) is 4.42 Å². The molecule has 0 atom stereocenters. The molecular weight excluding hydrogens is 328 g/mol. The monoisotopic (exact) mass is 352 g/mol. The molecule has 1 heterocycles. The van der Waals surface area contributed by atoms with Gasteiger partial charge in [0.1, 0.15) is 5.76 Å². The minimum Gasteiger partial charge on any atom is -0.467 e. The second-order valence-corrected chi connectivity index (χ2v) is 6.61. The fourth-order valence-corrected chi connectivity index (χ4v) is 3.31. The maximum Gasteiger partial charge on any atom is 0.254 e. The summed E-state index contributed by atoms with van der Waals surface area (Å²) in [6.07, 6.45) is 7.39. The molecule has 2 aromatic rings. The number of amides is 2. The normalized spacial score (nSPS) is 14.2. The SMILES string of the molecule is C=CCN(Cc1ccco1)C(=O)c1cccc(NC(=O)C2CCCC2)c1. The standard InChI is InChI=1S/C21H24N2O3/c1-2-12-23(15-19-11-6-13-26-19)21(25)17-9-5-10-18(14-17)22-20(24)16-7-3-4-8-16/h2,5-6,9-11,13-14,16H,1,3-4,7-8,12,15H2,(H,22,24). The second-order valence-electron chi connectivity index (χ2n) is 6.61. The lowest BCUT2D eigenvalue weighted by Crippen LogP contribution is -2.30. The Morgan fingerprint density at radius 1 is 1.23 bits per heavy atom. The quantitative estimate of drug-likeness (QED) is 0.758. The second kappa shape index (κ2) is 8.52. The van der Waals surface area contributed by atoms with E-state index in [9.17, 15) is 9.59 Å². The van der Waals surface area contributed by atoms with E-state index in [1.165, 1.54) is 0 Å². The first kappa shape index (κ1) is 18.0. The number of carbonyl (C=O) groups excluding carboxylic acids is 2. The summed E-state index contributed by atoms with van der Waals surface area (Å²) in [6.45, 7) is 4.51. The Balaban J connectivity index is 1.71. The summed E-state index contributed by atoms with van der Waals surface area (Å²) >= 11 is 0. The molecule has 0 spiro atoms. The predicted molar refractivity (Wildman–Crippen MR) is 101 cm³/mol. The molecule has 1 fully saturated rings. The lowest BCUT2D eigenvalue weighted by atomic mass is 10.1. The molecule has 0 saturated heterocycles. The third-order valence-corrected chi connectivity index (χ3v) is 4.67. The van der Waals surface area contributed by atoms with Crippen LogP contribution < -0.4 is 5.32 Å². The van der Waals surface area contributed by atoms with Crippen LogP contribution in [0.4, 0.5) is 5.69 Å². The van der Waals surface area contributed by atoms with E-state index >= 15 is 0 Å². The molecule has 2 amide bonds. The number of hydrogen-bond acceptors (Lipinski definition) is 3. The van der Waals surface area contributed by atoms with Gasteiger partial charge in [-0.3, -0.25) is 9.59 Å². The van der Waals surface area contributed by atoms with Crippen molar-refractivity contribution in [2.24, 2.45) is 5.92 Å². The zero-order valence-electron chi connectivity index (χ0n) is 14.8. The Kier molecular flexibility index (Phi) is 5.89. The third-order valence-electron chi connectivity index (χ3n) is 4.67. The zero-order chi connectivity index (χ0) is 18.4. The zero-order valence-corrected chi connectivity index (χ0v) is 14.8. The van der Waals surface area contributed by atoms with Crippen molar-refractivity contribution in [2.75, 3.05) is 11.9 Å². The van der Waals surface area contributed by atoms with E-state index in [0.29, 0.717) is 30.1 Å². The molecule has 1 saturated carbocycles. The molecule has 1 aliphatic carbocycles. The van der Waals surface area contributed by atoms with Crippen molar-refractivity contribution in [3.8, 4) is 0 Å². The van der Waals surface area contributed by atoms with Gasteiger partial charge in [-0.15, -0.1) is 6.58 Å². The highest BCUT2D eigenvalue weighted by molar-refractivity contribution is 5.97. The smallest absolute Gasteiger partial charge is 0.254 e. The maximum atomic E-state index is 12.9. The molecule has 0 radical (unpaired) electrons. The van der Waals surface area contributed by atoms with E-state index in [1.807, 2.05) is 12.1 Å². The van der Waals surface area contributed by atoms with Crippen LogP contribution in [-0.4, -0.2) is 23.3 Å². The van der Waals surface area contributed by atoms with E-state index in [-0.39, 0.29) is 17.7 Å². The van der Waals surface area contributed by atoms with Crippen LogP contribution in [0.3, 0.4) is 0 Å². The van der Waals surface area contributed by atoms with Gasteiger partial charge in [0.2, 0.25) is 5.91 Å². The van der Waals surface area contributed by atoms with Gasteiger partial charge >= 0.3 is 0 Å². The van der Waals surface area contributed by atoms with Crippen LogP contribution >= 0.6 is 0 Å². The van der Waals surface area contributed by atoms with Gasteiger partial charge in [-0.1, -0.05) is 25.0 Å². The molecule has 136 valence electrons. The molecule has 0 bridgehead atoms. The summed E-state index contributed by atoms with van der Waals surface area (Å²) in [7, 11) is 0. The first-order valence-corrected chi connectivity index (χ1v) is 9.01. The van der Waals surface area contributed by atoms with Gasteiger partial charge in [0.25, 0.3) is 5.91 Å². The van der Waals surface area contributed by atoms with Gasteiger partial charge in [-0.2, -0.15) is 0 Å². The Morgan fingerprint density at radius 2 is 2.04 bits per heavy atom. The summed E-state index contributed by atoms with van der Waals surface area (Å²) in [5.74, 6) is 0.723. The van der Waals surface area contributed by atoms with E-state index in [0.717, 1.165) is 25.7 Å². The number of nitrogens with one attached hydrogen (secondary N) is 1. The van der Waals surface area contributed by atoms with Crippen LogP contribution in [0.5, 0.6) is 0 Å². The highest BCUT2D eigenvalue weighted by Crippen LogP contribution is 2.26. The third kappa shape index (κ3) is 4.42. The number of furan rings is 1. The van der Waals surface area contributed by atoms with Crippen LogP contribution in [0.1, 0.15) is 41.8 Å². The van der Waals surface area contributed by atoms with Crippen molar-refractivity contribution in [1.82, 2.24) is 4.90 Å². The number of hydrogen-bond donors (Lipinski definition) is 1. The lowest BCUT2D eigenvalue weighted by Gasteiger charge is -2.20. The van der Waals surface area contributed by atoms with E-state index in [2.05, 4.69) is 11.9 Å². The Labute approximate surface area is 153 Å². The summed E-state index contributed by atoms with van der Waals surface area (Å²) in [5.41, 5.74) is 1.19. The number of rotatable bonds is 7. The van der Waals surface area contributed by atoms with Gasteiger partial charge in [-0.05, 0) is 43.2 Å². The average molecular weight is 352 g/mol. The summed E-state index contributed by atoms with van der Waals surface area (Å²) in [6, 6.07) is 10.7. The highest BCUT2D eigenvalue weighted by Gasteiger charge is 2.23. The predicted octanol–water partition coefficient (Wildman–Crippen LogP) is 4.24. The van der Waals surface area contributed by atoms with E-state index < -0.39 is 0 Å². The van der Waals surface area contributed by atoms with Crippen LogP contribution in [-0.2, 0) is 11.3 Å². The highest BCUT2D eigenvalue weighted by atomic mass is 16.3. The fourth-order valence-electron chi connectivity index (χ4n) is 3.31. The van der Waals surface area contributed by atoms with Crippen molar-refractivity contribution in [3.63, 3.8) is 0 Å². The molecule has 1 aromatic heterocycles. The van der Waals surface area contributed by atoms with Crippen molar-refractivity contribution in [1.29, 1.82) is 0 Å². The lowest BCUT2D eigenvalue weighted by molar-refractivity contribution is -0.119. The van der Waals surface area contributed by atoms with Gasteiger partial charge in [0.15, 0.2) is 0 Å². The Bertz CT molecular complexity index is 761. The molecular formula is C21H24N2O3. The molecule has 0 unspecified atom stereocenters. The van der Waals surface area contributed by atoms with Crippen molar-refractivity contribution in [2.45, 2.75) is 32.2 Å². The molecule has 3 rings (SSSR count). The minimum absolute atomic E-state index is 0.0469. The molecule has 1 aromatic carbocycles. The van der Waals surface area contributed by atoms with Gasteiger partial charge in [0.05, 0.1) is 12.8 Å². The number of benzene rings is 1. The van der Waals surface area contributed by atoms with Crippen molar-refractivity contribution in [3.05, 3.63) is 66.6 Å². The van der Waals surface area contributed by atoms with Crippen LogP contribution in [0, 0.1) is 5.92 Å². The average Bonchev–Trinajstić information content (AvgIpc) is 3.35. The molecule has 1 N–H and O–H groups in total. The first-order valence-electron chi connectivity index (χ1n) is 9.01. The molecule has 26 heavy (non-hydrogen) atoms. The van der Waals surface area contributed by atoms with Crippen LogP contribution in [0.15, 0.2) is 59.7 Å². The van der Waals surface area contributed by atoms with Gasteiger partial charge < -0.3 is 14.6 Å². The number of anilines is 1. The summed E-state index contributed by atoms with van der Waals surface area (Å²) in [4.78, 5) is 26.8. The minimum atomic E-state index is -0.127. The first-order chi connectivity index (χ1) is 12.7. The maximum absolute atomic E-state index is 12.9. The van der Waals surface area contributed by atoms with Crippen molar-refractivity contribution < 1.29 is 14.0 Å². The summed E-state index contributed by atoms with van der Waals surface area (Å²) in [5, 5.41) is 2.95. The Hall–Kier alpha value is -2.82. The molecule has 5 nitrogen and oxygen atoms in total. The Morgan fingerprint density at radius 3 is 2.73 bits per heavy atom. The van der Waals surface area contributed by atoms with Gasteiger partial charge in [0, 0.05) is 23.7 Å². The summed E-state index contributed by atoms with van der Waals surface area (Å²) < 4.78 is 5.34. The number of nitrogens with zero attached hydrogens (tertiary/aromatic N) is 1. The molecule has 1 aliphatic rings. The molecule has 5 heteroatoms. The number of carbonyl (C=O) groups is 2. The fraction of sp³-hybridized carbons (Fsp3) is 0.333. The van der Waals surface area contributed by atoms with Crippen LogP contribution in [0.2, 0.25) is 0 Å². The molecule has 0 aliphatic heterocycles. The van der Waals surface area contributed by atoms with E-state index in [1.54, 1.807) is 41.5 Å².